The second kappa shape index (κ2) is 13.2. The van der Waals surface area contributed by atoms with Crippen molar-refractivity contribution in [1.82, 2.24) is 15.0 Å². The molecule has 0 saturated heterocycles. The van der Waals surface area contributed by atoms with E-state index in [0.29, 0.717) is 17.5 Å². The van der Waals surface area contributed by atoms with E-state index in [-0.39, 0.29) is 5.41 Å². The van der Waals surface area contributed by atoms with Crippen LogP contribution in [0.25, 0.3) is 65.5 Å². The van der Waals surface area contributed by atoms with E-state index in [2.05, 4.69) is 184 Å². The van der Waals surface area contributed by atoms with E-state index in [0.717, 1.165) is 50.4 Å². The van der Waals surface area contributed by atoms with Gasteiger partial charge in [-0.1, -0.05) is 184 Å². The molecule has 1 aliphatic carbocycles. The number of benzene rings is 8. The Balaban J connectivity index is 1.10. The van der Waals surface area contributed by atoms with Gasteiger partial charge in [0.05, 0.1) is 5.41 Å². The summed E-state index contributed by atoms with van der Waals surface area (Å²) in [6.45, 7) is 4.70. The molecule has 1 aliphatic heterocycles. The van der Waals surface area contributed by atoms with Gasteiger partial charge >= 0.3 is 0 Å². The molecule has 5 heteroatoms. The van der Waals surface area contributed by atoms with Crippen molar-refractivity contribution in [2.45, 2.75) is 24.7 Å². The van der Waals surface area contributed by atoms with Gasteiger partial charge in [-0.2, -0.15) is 0 Å². The fourth-order valence-corrected chi connectivity index (χ4v) is 11.1. The highest BCUT2D eigenvalue weighted by Gasteiger charge is 2.53. The van der Waals surface area contributed by atoms with Crippen LogP contribution < -0.4 is 4.74 Å². The first kappa shape index (κ1) is 34.8. The molecule has 2 aliphatic rings. The molecule has 0 atom stereocenters. The molecule has 3 heterocycles. The summed E-state index contributed by atoms with van der Waals surface area (Å²) in [5, 5.41) is 2.50. The average molecular weight is 788 g/mol. The van der Waals surface area contributed by atoms with Gasteiger partial charge in [-0.15, -0.1) is 11.3 Å². The van der Waals surface area contributed by atoms with E-state index in [1.807, 2.05) is 18.2 Å². The lowest BCUT2D eigenvalue weighted by Crippen LogP contribution is -2.43. The lowest BCUT2D eigenvalue weighted by molar-refractivity contribution is 0.427. The number of nitrogens with zero attached hydrogens (tertiary/aromatic N) is 3. The van der Waals surface area contributed by atoms with Crippen molar-refractivity contribution < 1.29 is 4.74 Å². The largest absolute Gasteiger partial charge is 0.456 e. The molecule has 0 N–H and O–H groups in total. The van der Waals surface area contributed by atoms with Crippen LogP contribution in [0, 0.1) is 0 Å². The Morgan fingerprint density at radius 3 is 1.72 bits per heavy atom. The van der Waals surface area contributed by atoms with Crippen molar-refractivity contribution >= 4 is 31.5 Å². The van der Waals surface area contributed by atoms with Gasteiger partial charge in [0.25, 0.3) is 0 Å². The van der Waals surface area contributed by atoms with E-state index in [9.17, 15) is 0 Å². The summed E-state index contributed by atoms with van der Waals surface area (Å²) >= 11 is 1.80. The first-order chi connectivity index (χ1) is 29.5. The topological polar surface area (TPSA) is 47.9 Å². The number of aromatic nitrogens is 3. The normalized spacial score (nSPS) is 14.2. The molecule has 60 heavy (non-hydrogen) atoms. The molecule has 0 saturated carbocycles. The summed E-state index contributed by atoms with van der Waals surface area (Å²) in [5.74, 6) is 3.54. The predicted octanol–water partition coefficient (Wildman–Crippen LogP) is 14.0. The predicted molar refractivity (Wildman–Crippen MR) is 245 cm³/mol. The van der Waals surface area contributed by atoms with Gasteiger partial charge in [0.1, 0.15) is 11.5 Å². The first-order valence-corrected chi connectivity index (χ1v) is 21.3. The summed E-state index contributed by atoms with van der Waals surface area (Å²) in [6.07, 6.45) is 0. The zero-order valence-electron chi connectivity index (χ0n) is 33.1. The fraction of sp³-hybridized carbons (Fsp3) is 0.0727. The molecule has 0 unspecified atom stereocenters. The number of para-hydroxylation sites is 2. The maximum Gasteiger partial charge on any atom is 0.164 e. The third-order valence-electron chi connectivity index (χ3n) is 12.7. The second-order valence-electron chi connectivity index (χ2n) is 16.3. The Morgan fingerprint density at radius 1 is 0.400 bits per heavy atom. The van der Waals surface area contributed by atoms with Crippen LogP contribution in [0.1, 0.15) is 47.2 Å². The Hall–Kier alpha value is -7.21. The van der Waals surface area contributed by atoms with Crippen molar-refractivity contribution in [1.29, 1.82) is 0 Å². The summed E-state index contributed by atoms with van der Waals surface area (Å²) in [4.78, 5) is 15.7. The second-order valence-corrected chi connectivity index (χ2v) is 17.4. The SMILES string of the molecule is CC1(C)c2ccccc2C2(c3ccccc3Oc3c(-c4ccccc4-c4nc(-c5ccccc5)nc(-c5ccc6c(c5)sc5ccccc56)n4)cccc32)c2ccccc21. The summed E-state index contributed by atoms with van der Waals surface area (Å²) in [7, 11) is 0. The molecule has 12 rings (SSSR count). The molecular formula is C55H37N3OS. The molecule has 8 aromatic carbocycles. The summed E-state index contributed by atoms with van der Waals surface area (Å²) in [5.41, 5.74) is 11.4. The molecule has 0 radical (unpaired) electrons. The van der Waals surface area contributed by atoms with Gasteiger partial charge < -0.3 is 4.74 Å². The first-order valence-electron chi connectivity index (χ1n) is 20.4. The van der Waals surface area contributed by atoms with Crippen molar-refractivity contribution in [3.05, 3.63) is 221 Å². The maximum atomic E-state index is 7.16. The number of ether oxygens (including phenoxy) is 1. The van der Waals surface area contributed by atoms with E-state index in [4.69, 9.17) is 19.7 Å². The van der Waals surface area contributed by atoms with Crippen LogP contribution in [-0.4, -0.2) is 15.0 Å². The number of fused-ring (bicyclic) bond motifs is 11. The Morgan fingerprint density at radius 2 is 0.950 bits per heavy atom. The highest BCUT2D eigenvalue weighted by Crippen LogP contribution is 2.62. The smallest absolute Gasteiger partial charge is 0.164 e. The molecule has 4 nitrogen and oxygen atoms in total. The summed E-state index contributed by atoms with van der Waals surface area (Å²) in [6, 6.07) is 67.0. The van der Waals surface area contributed by atoms with E-state index in [1.54, 1.807) is 11.3 Å². The molecule has 284 valence electrons. The molecule has 10 aromatic rings. The van der Waals surface area contributed by atoms with Crippen LogP contribution in [0.4, 0.5) is 0 Å². The van der Waals surface area contributed by atoms with E-state index in [1.165, 1.54) is 42.4 Å². The minimum atomic E-state index is -0.621. The quantitative estimate of drug-likeness (QED) is 0.178. The monoisotopic (exact) mass is 787 g/mol. The molecule has 0 amide bonds. The van der Waals surface area contributed by atoms with Crippen LogP contribution in [0.15, 0.2) is 188 Å². The molecule has 0 bridgehead atoms. The van der Waals surface area contributed by atoms with Gasteiger partial charge in [-0.05, 0) is 46.0 Å². The van der Waals surface area contributed by atoms with Crippen LogP contribution >= 0.6 is 11.3 Å². The van der Waals surface area contributed by atoms with Crippen molar-refractivity contribution in [2.24, 2.45) is 0 Å². The molecule has 1 spiro atoms. The fourth-order valence-electron chi connectivity index (χ4n) is 9.98. The third-order valence-corrected chi connectivity index (χ3v) is 13.8. The van der Waals surface area contributed by atoms with Crippen LogP contribution in [0.5, 0.6) is 11.5 Å². The third kappa shape index (κ3) is 4.99. The van der Waals surface area contributed by atoms with Gasteiger partial charge in [-0.3, -0.25) is 0 Å². The van der Waals surface area contributed by atoms with Gasteiger partial charge in [0.2, 0.25) is 0 Å². The number of rotatable bonds is 4. The lowest BCUT2D eigenvalue weighted by atomic mass is 9.53. The standard InChI is InChI=1S/C55H37N3OS/c1-54(2)41-23-9-11-25-43(41)55(44-26-12-10-24-42(44)54)45-27-13-14-29-47(45)59-50-39(22-16-28-46(50)55)36-19-6-7-21-40(36)53-57-51(34-17-4-3-5-18-34)56-52(58-53)35-31-32-38-37-20-8-15-30-48(37)60-49(38)33-35/h3-33H,1-2H3. The van der Waals surface area contributed by atoms with Crippen molar-refractivity contribution in [3.63, 3.8) is 0 Å². The maximum absolute atomic E-state index is 7.16. The Bertz CT molecular complexity index is 3300. The van der Waals surface area contributed by atoms with E-state index >= 15 is 0 Å². The Labute approximate surface area is 352 Å². The van der Waals surface area contributed by atoms with Crippen LogP contribution in [-0.2, 0) is 10.8 Å². The highest BCUT2D eigenvalue weighted by molar-refractivity contribution is 7.25. The van der Waals surface area contributed by atoms with Crippen LogP contribution in [0.3, 0.4) is 0 Å². The minimum absolute atomic E-state index is 0.204. The highest BCUT2D eigenvalue weighted by atomic mass is 32.1. The average Bonchev–Trinajstić information content (AvgIpc) is 3.68. The van der Waals surface area contributed by atoms with Gasteiger partial charge in [0.15, 0.2) is 17.5 Å². The van der Waals surface area contributed by atoms with Crippen LogP contribution in [0.2, 0.25) is 0 Å². The lowest BCUT2D eigenvalue weighted by Gasteiger charge is -2.50. The van der Waals surface area contributed by atoms with Gasteiger partial charge in [-0.25, -0.2) is 15.0 Å². The van der Waals surface area contributed by atoms with E-state index < -0.39 is 5.41 Å². The number of hydrogen-bond acceptors (Lipinski definition) is 5. The molecular weight excluding hydrogens is 751 g/mol. The Kier molecular flexibility index (Phi) is 7.63. The zero-order chi connectivity index (χ0) is 40.0. The summed E-state index contributed by atoms with van der Waals surface area (Å²) < 4.78 is 9.63. The van der Waals surface area contributed by atoms with Crippen molar-refractivity contribution in [3.8, 4) is 56.8 Å². The number of thiophene rings is 1. The minimum Gasteiger partial charge on any atom is -0.456 e. The zero-order valence-corrected chi connectivity index (χ0v) is 33.9. The van der Waals surface area contributed by atoms with Gasteiger partial charge in [0, 0.05) is 59.0 Å². The molecule has 2 aromatic heterocycles. The van der Waals surface area contributed by atoms with Crippen molar-refractivity contribution in [2.75, 3.05) is 0 Å². The molecule has 0 fully saturated rings. The number of hydrogen-bond donors (Lipinski definition) is 0.